The molecule has 1 rings (SSSR count). The fourth-order valence-corrected chi connectivity index (χ4v) is 0.0430. The Morgan fingerprint density at radius 3 is 1.56 bits per heavy atom. The molecule has 0 aliphatic carbocycles. The molecular weight excluding hydrogens is 151 g/mol. The third-order valence-corrected chi connectivity index (χ3v) is 0.316. The average Bonchev–Trinajstić information content (AvgIpc) is 2.13. The van der Waals surface area contributed by atoms with E-state index in [1.807, 2.05) is 0 Å². The zero-order chi connectivity index (χ0) is 7.49. The topological polar surface area (TPSA) is 111 Å². The van der Waals surface area contributed by atoms with Crippen LogP contribution in [0, 0.1) is 0 Å². The third kappa shape index (κ3) is 31.8. The van der Waals surface area contributed by atoms with Crippen LogP contribution in [-0.2, 0) is 9.30 Å². The normalized spacial score (nSPS) is 24.2. The van der Waals surface area contributed by atoms with Gasteiger partial charge in [0.05, 0.1) is 0 Å². The van der Waals surface area contributed by atoms with Crippen LogP contribution in [0.15, 0.2) is 0 Å². The van der Waals surface area contributed by atoms with Crippen molar-refractivity contribution in [2.24, 2.45) is 0 Å². The summed E-state index contributed by atoms with van der Waals surface area (Å²) in [6.07, 6.45) is -0.417. The molecule has 4 N–H and O–H groups in total. The molecule has 6 nitrogen and oxygen atoms in total. The van der Waals surface area contributed by atoms with Crippen molar-refractivity contribution in [3.8, 4) is 0 Å². The van der Waals surface area contributed by atoms with Gasteiger partial charge in [0.15, 0.2) is 6.29 Å². The Kier molecular flexibility index (Phi) is 3.27. The van der Waals surface area contributed by atoms with Gasteiger partial charge < -0.3 is 24.5 Å². The molecule has 1 atom stereocenters. The number of hydrogen-bond acceptors (Lipinski definition) is 3. The second-order valence-electron chi connectivity index (χ2n) is 1.30. The summed E-state index contributed by atoms with van der Waals surface area (Å²) in [4.78, 5) is 21.6. The second-order valence-corrected chi connectivity index (χ2v) is 2.33. The van der Waals surface area contributed by atoms with E-state index in [0.717, 1.165) is 0 Å². The van der Waals surface area contributed by atoms with E-state index >= 15 is 0 Å². The molecule has 1 unspecified atom stereocenters. The molecule has 9 heavy (non-hydrogen) atoms. The van der Waals surface area contributed by atoms with Gasteiger partial charge in [-0.3, -0.25) is 0 Å². The van der Waals surface area contributed by atoms with E-state index in [1.54, 1.807) is 0 Å². The first-order valence-corrected chi connectivity index (χ1v) is 3.54. The molecule has 0 aromatic heterocycles. The van der Waals surface area contributed by atoms with E-state index in [0.29, 0.717) is 6.61 Å². The maximum atomic E-state index is 8.88. The Balaban J connectivity index is 0.000000144. The average molecular weight is 158 g/mol. The zero-order valence-corrected chi connectivity index (χ0v) is 5.23. The predicted molar refractivity (Wildman–Crippen MR) is 26.2 cm³/mol. The molecule has 0 aromatic carbocycles. The molecule has 0 spiro atoms. The van der Waals surface area contributed by atoms with E-state index < -0.39 is 14.1 Å². The monoisotopic (exact) mass is 158 g/mol. The number of epoxide rings is 1. The SMILES string of the molecule is O=P(O)(O)O.OC1CO1. The van der Waals surface area contributed by atoms with Crippen LogP contribution in [0.3, 0.4) is 0 Å². The van der Waals surface area contributed by atoms with Crippen LogP contribution in [0.4, 0.5) is 0 Å². The van der Waals surface area contributed by atoms with Crippen LogP contribution in [0.25, 0.3) is 0 Å². The van der Waals surface area contributed by atoms with Crippen molar-refractivity contribution in [3.05, 3.63) is 0 Å². The first-order valence-electron chi connectivity index (χ1n) is 1.97. The number of aliphatic hydroxyl groups is 1. The number of aliphatic hydroxyl groups excluding tert-OH is 1. The lowest BCUT2D eigenvalue weighted by Gasteiger charge is -1.82. The Hall–Kier alpha value is 0.0300. The summed E-state index contributed by atoms with van der Waals surface area (Å²) in [6.45, 7) is 0.542. The van der Waals surface area contributed by atoms with Gasteiger partial charge in [0, 0.05) is 0 Å². The molecule has 0 radical (unpaired) electrons. The highest BCUT2D eigenvalue weighted by Gasteiger charge is 2.16. The van der Waals surface area contributed by atoms with Crippen LogP contribution in [-0.4, -0.2) is 32.7 Å². The molecule has 56 valence electrons. The van der Waals surface area contributed by atoms with Crippen molar-refractivity contribution in [2.75, 3.05) is 6.61 Å². The lowest BCUT2D eigenvalue weighted by molar-refractivity contribution is 0.156. The Bertz CT molecular complexity index is 104. The molecule has 0 bridgehead atoms. The van der Waals surface area contributed by atoms with Crippen molar-refractivity contribution in [2.45, 2.75) is 6.29 Å². The van der Waals surface area contributed by atoms with E-state index in [9.17, 15) is 0 Å². The fourth-order valence-electron chi connectivity index (χ4n) is 0.0430. The third-order valence-electron chi connectivity index (χ3n) is 0.316. The molecule has 1 saturated heterocycles. The number of ether oxygens (including phenoxy) is 1. The zero-order valence-electron chi connectivity index (χ0n) is 4.34. The minimum atomic E-state index is -4.64. The van der Waals surface area contributed by atoms with E-state index in [1.165, 1.54) is 0 Å². The molecular formula is C2H7O6P. The summed E-state index contributed by atoms with van der Waals surface area (Å²) in [5.41, 5.74) is 0. The summed E-state index contributed by atoms with van der Waals surface area (Å²) < 4.78 is 13.1. The molecule has 0 aromatic rings. The lowest BCUT2D eigenvalue weighted by atomic mass is 10.9. The Labute approximate surface area is 50.9 Å². The van der Waals surface area contributed by atoms with Gasteiger partial charge >= 0.3 is 7.82 Å². The van der Waals surface area contributed by atoms with Gasteiger partial charge in [-0.25, -0.2) is 4.57 Å². The van der Waals surface area contributed by atoms with E-state index in [-0.39, 0.29) is 0 Å². The van der Waals surface area contributed by atoms with E-state index in [4.69, 9.17) is 24.4 Å². The van der Waals surface area contributed by atoms with Crippen LogP contribution >= 0.6 is 7.82 Å². The fraction of sp³-hybridized carbons (Fsp3) is 1.00. The first-order chi connectivity index (χ1) is 3.89. The molecule has 1 aliphatic rings. The summed E-state index contributed by atoms with van der Waals surface area (Å²) in [6, 6.07) is 0. The predicted octanol–water partition coefficient (Wildman–Crippen LogP) is -1.59. The lowest BCUT2D eigenvalue weighted by Crippen LogP contribution is -1.70. The Morgan fingerprint density at radius 2 is 1.56 bits per heavy atom. The maximum absolute atomic E-state index is 8.88. The highest BCUT2D eigenvalue weighted by Crippen LogP contribution is 2.25. The minimum absolute atomic E-state index is 0.417. The smallest absolute Gasteiger partial charge is 0.366 e. The number of rotatable bonds is 0. The highest BCUT2D eigenvalue weighted by molar-refractivity contribution is 7.45. The second kappa shape index (κ2) is 3.26. The van der Waals surface area contributed by atoms with Gasteiger partial charge in [0.1, 0.15) is 6.61 Å². The van der Waals surface area contributed by atoms with Gasteiger partial charge in [-0.1, -0.05) is 0 Å². The van der Waals surface area contributed by atoms with Crippen molar-refractivity contribution in [3.63, 3.8) is 0 Å². The summed E-state index contributed by atoms with van der Waals surface area (Å²) in [7, 11) is -4.64. The molecule has 7 heteroatoms. The summed E-state index contributed by atoms with van der Waals surface area (Å²) >= 11 is 0. The summed E-state index contributed by atoms with van der Waals surface area (Å²) in [5.74, 6) is 0. The largest absolute Gasteiger partial charge is 0.466 e. The van der Waals surface area contributed by atoms with Gasteiger partial charge in [-0.2, -0.15) is 0 Å². The van der Waals surface area contributed by atoms with Gasteiger partial charge in [0.25, 0.3) is 0 Å². The molecule has 1 heterocycles. The molecule has 1 aliphatic heterocycles. The Morgan fingerprint density at radius 1 is 1.44 bits per heavy atom. The van der Waals surface area contributed by atoms with Crippen molar-refractivity contribution in [1.29, 1.82) is 0 Å². The summed E-state index contributed by atoms with van der Waals surface area (Å²) in [5, 5.41) is 7.94. The number of hydrogen-bond donors (Lipinski definition) is 4. The van der Waals surface area contributed by atoms with Crippen LogP contribution in [0.1, 0.15) is 0 Å². The highest BCUT2D eigenvalue weighted by atomic mass is 31.2. The van der Waals surface area contributed by atoms with Gasteiger partial charge in [-0.15, -0.1) is 0 Å². The van der Waals surface area contributed by atoms with E-state index in [2.05, 4.69) is 4.74 Å². The molecule has 0 saturated carbocycles. The van der Waals surface area contributed by atoms with Crippen molar-refractivity contribution < 1.29 is 29.1 Å². The van der Waals surface area contributed by atoms with Crippen LogP contribution in [0.2, 0.25) is 0 Å². The first kappa shape index (κ1) is 9.03. The quantitative estimate of drug-likeness (QED) is 0.250. The maximum Gasteiger partial charge on any atom is 0.466 e. The number of phosphoric acid groups is 1. The van der Waals surface area contributed by atoms with Gasteiger partial charge in [-0.05, 0) is 0 Å². The van der Waals surface area contributed by atoms with Crippen molar-refractivity contribution in [1.82, 2.24) is 0 Å². The van der Waals surface area contributed by atoms with Gasteiger partial charge in [0.2, 0.25) is 0 Å². The van der Waals surface area contributed by atoms with Crippen molar-refractivity contribution >= 4 is 7.82 Å². The van der Waals surface area contributed by atoms with Crippen LogP contribution in [0.5, 0.6) is 0 Å². The van der Waals surface area contributed by atoms with Crippen LogP contribution < -0.4 is 0 Å². The standard InChI is InChI=1S/C2H4O2.H3O4P/c3-2-1-4-2;1-5(2,3)4/h2-3H,1H2;(H3,1,2,3,4). The minimum Gasteiger partial charge on any atom is -0.366 e. The molecule has 0 amide bonds. The molecule has 1 fully saturated rings.